The number of amides is 1. The van der Waals surface area contributed by atoms with Crippen LogP contribution in [0.1, 0.15) is 33.6 Å². The molecule has 2 rings (SSSR count). The summed E-state index contributed by atoms with van der Waals surface area (Å²) < 4.78 is 1.85. The van der Waals surface area contributed by atoms with E-state index < -0.39 is 0 Å². The maximum Gasteiger partial charge on any atom is 0.225 e. The highest BCUT2D eigenvalue weighted by atomic mass is 16.2. The molecule has 0 bridgehead atoms. The summed E-state index contributed by atoms with van der Waals surface area (Å²) in [5.74, 6) is 1.07. The van der Waals surface area contributed by atoms with Gasteiger partial charge in [0.05, 0.1) is 6.54 Å². The summed E-state index contributed by atoms with van der Waals surface area (Å²) >= 11 is 0. The zero-order valence-corrected chi connectivity index (χ0v) is 13.3. The number of aromatic nitrogens is 3. The molecule has 1 N–H and O–H groups in total. The predicted molar refractivity (Wildman–Crippen MR) is 81.6 cm³/mol. The van der Waals surface area contributed by atoms with Gasteiger partial charge in [0, 0.05) is 25.0 Å². The van der Waals surface area contributed by atoms with E-state index in [0.29, 0.717) is 17.9 Å². The van der Waals surface area contributed by atoms with Crippen LogP contribution in [-0.2, 0) is 11.3 Å². The number of nitrogens with one attached hydrogen (secondary N) is 1. The van der Waals surface area contributed by atoms with Gasteiger partial charge in [0.1, 0.15) is 12.7 Å². The minimum absolute atomic E-state index is 0.113. The summed E-state index contributed by atoms with van der Waals surface area (Å²) in [6, 6.07) is 0.377. The highest BCUT2D eigenvalue weighted by molar-refractivity contribution is 5.78. The molecule has 0 saturated carbocycles. The topological polar surface area (TPSA) is 63.1 Å². The van der Waals surface area contributed by atoms with Crippen LogP contribution in [0.15, 0.2) is 12.7 Å². The summed E-state index contributed by atoms with van der Waals surface area (Å²) in [5.41, 5.74) is 0. The van der Waals surface area contributed by atoms with Crippen LogP contribution in [0.2, 0.25) is 0 Å². The van der Waals surface area contributed by atoms with Gasteiger partial charge in [-0.25, -0.2) is 4.98 Å². The van der Waals surface area contributed by atoms with Gasteiger partial charge in [0.25, 0.3) is 0 Å². The fourth-order valence-corrected chi connectivity index (χ4v) is 2.76. The maximum atomic E-state index is 11.9. The second-order valence-electron chi connectivity index (χ2n) is 6.35. The Hall–Kier alpha value is -1.43. The Morgan fingerprint density at radius 3 is 2.62 bits per heavy atom. The highest BCUT2D eigenvalue weighted by Crippen LogP contribution is 2.18. The van der Waals surface area contributed by atoms with Gasteiger partial charge in [-0.1, -0.05) is 13.8 Å². The van der Waals surface area contributed by atoms with Crippen LogP contribution in [0, 0.1) is 11.8 Å². The third-order valence-electron chi connectivity index (χ3n) is 4.10. The maximum absolute atomic E-state index is 11.9. The van der Waals surface area contributed by atoms with E-state index in [2.05, 4.69) is 22.3 Å². The number of carbonyl (C=O) groups excluding carboxylic acids is 1. The summed E-state index contributed by atoms with van der Waals surface area (Å²) in [5, 5.41) is 7.68. The zero-order valence-electron chi connectivity index (χ0n) is 13.3. The molecule has 1 aromatic rings. The van der Waals surface area contributed by atoms with Crippen LogP contribution in [0.4, 0.5) is 0 Å². The molecule has 0 aromatic carbocycles. The fourth-order valence-electron chi connectivity index (χ4n) is 2.76. The lowest BCUT2D eigenvalue weighted by atomic mass is 9.95. The van der Waals surface area contributed by atoms with Crippen LogP contribution in [0.5, 0.6) is 0 Å². The van der Waals surface area contributed by atoms with E-state index in [1.807, 2.05) is 23.4 Å². The Balaban J connectivity index is 1.65. The minimum atomic E-state index is 0.113. The first-order chi connectivity index (χ1) is 10.1. The molecule has 0 spiro atoms. The van der Waals surface area contributed by atoms with Gasteiger partial charge < -0.3 is 10.2 Å². The zero-order chi connectivity index (χ0) is 15.2. The van der Waals surface area contributed by atoms with Crippen molar-refractivity contribution in [1.82, 2.24) is 25.0 Å². The van der Waals surface area contributed by atoms with E-state index in [9.17, 15) is 4.79 Å². The van der Waals surface area contributed by atoms with Crippen molar-refractivity contribution in [3.63, 3.8) is 0 Å². The molecule has 1 fully saturated rings. The summed E-state index contributed by atoms with van der Waals surface area (Å²) in [6.45, 7) is 9.77. The van der Waals surface area contributed by atoms with Gasteiger partial charge in [0.2, 0.25) is 5.91 Å². The van der Waals surface area contributed by atoms with Crippen LogP contribution < -0.4 is 5.32 Å². The van der Waals surface area contributed by atoms with E-state index in [0.717, 1.165) is 39.0 Å². The van der Waals surface area contributed by atoms with Crippen LogP contribution >= 0.6 is 0 Å². The molecule has 1 atom stereocenters. The van der Waals surface area contributed by atoms with Crippen molar-refractivity contribution < 1.29 is 4.79 Å². The van der Waals surface area contributed by atoms with E-state index in [4.69, 9.17) is 0 Å². The van der Waals surface area contributed by atoms with E-state index in [1.165, 1.54) is 0 Å². The van der Waals surface area contributed by atoms with Crippen LogP contribution in [-0.4, -0.2) is 51.2 Å². The van der Waals surface area contributed by atoms with Crippen molar-refractivity contribution in [3.05, 3.63) is 12.7 Å². The number of rotatable bonds is 6. The average Bonchev–Trinajstić information content (AvgIpc) is 2.97. The number of piperidine rings is 1. The molecule has 1 saturated heterocycles. The third-order valence-corrected chi connectivity index (χ3v) is 4.10. The van der Waals surface area contributed by atoms with Crippen molar-refractivity contribution in [2.45, 2.75) is 46.2 Å². The monoisotopic (exact) mass is 293 g/mol. The Kier molecular flexibility index (Phi) is 5.73. The molecule has 1 amide bonds. The molecule has 1 unspecified atom stereocenters. The first kappa shape index (κ1) is 15.9. The van der Waals surface area contributed by atoms with Gasteiger partial charge in [-0.3, -0.25) is 9.48 Å². The lowest BCUT2D eigenvalue weighted by Crippen LogP contribution is -2.43. The van der Waals surface area contributed by atoms with Crippen molar-refractivity contribution in [3.8, 4) is 0 Å². The molecule has 6 nitrogen and oxygen atoms in total. The van der Waals surface area contributed by atoms with Gasteiger partial charge in [-0.05, 0) is 32.2 Å². The molecule has 118 valence electrons. The number of hydrogen-bond acceptors (Lipinski definition) is 4. The Morgan fingerprint density at radius 2 is 2.05 bits per heavy atom. The van der Waals surface area contributed by atoms with Crippen molar-refractivity contribution in [1.29, 1.82) is 0 Å². The standard InChI is InChI=1S/C15H27N5O/c1-12(2)15(21)19-6-4-14(5-7-19)8-17-13(3)9-20-11-16-10-18-20/h10-14,17H,4-9H2,1-3H3. The molecule has 0 aliphatic carbocycles. The smallest absolute Gasteiger partial charge is 0.225 e. The van der Waals surface area contributed by atoms with Gasteiger partial charge in [-0.2, -0.15) is 5.10 Å². The first-order valence-corrected chi connectivity index (χ1v) is 7.91. The summed E-state index contributed by atoms with van der Waals surface area (Å²) in [4.78, 5) is 17.9. The number of likely N-dealkylation sites (tertiary alicyclic amines) is 1. The van der Waals surface area contributed by atoms with Gasteiger partial charge in [-0.15, -0.1) is 0 Å². The molecule has 21 heavy (non-hydrogen) atoms. The van der Waals surface area contributed by atoms with E-state index >= 15 is 0 Å². The summed E-state index contributed by atoms with van der Waals surface area (Å²) in [7, 11) is 0. The van der Waals surface area contributed by atoms with Gasteiger partial charge >= 0.3 is 0 Å². The fraction of sp³-hybridized carbons (Fsp3) is 0.800. The second-order valence-corrected chi connectivity index (χ2v) is 6.35. The third kappa shape index (κ3) is 4.81. The molecule has 0 radical (unpaired) electrons. The lowest BCUT2D eigenvalue weighted by molar-refractivity contribution is -0.135. The highest BCUT2D eigenvalue weighted by Gasteiger charge is 2.24. The molecular formula is C15H27N5O. The number of nitrogens with zero attached hydrogens (tertiary/aromatic N) is 4. The largest absolute Gasteiger partial charge is 0.342 e. The summed E-state index contributed by atoms with van der Waals surface area (Å²) in [6.07, 6.45) is 5.51. The van der Waals surface area contributed by atoms with Crippen molar-refractivity contribution in [2.24, 2.45) is 11.8 Å². The normalized spacial score (nSPS) is 18.2. The Labute approximate surface area is 126 Å². The SMILES string of the molecule is CC(Cn1cncn1)NCC1CCN(C(=O)C(C)C)CC1. The quantitative estimate of drug-likeness (QED) is 0.854. The van der Waals surface area contributed by atoms with Crippen LogP contribution in [0.3, 0.4) is 0 Å². The molecular weight excluding hydrogens is 266 g/mol. The molecule has 2 heterocycles. The molecule has 1 aliphatic heterocycles. The van der Waals surface area contributed by atoms with Crippen molar-refractivity contribution >= 4 is 5.91 Å². The number of carbonyl (C=O) groups is 1. The molecule has 6 heteroatoms. The average molecular weight is 293 g/mol. The Morgan fingerprint density at radius 1 is 1.33 bits per heavy atom. The molecule has 1 aliphatic rings. The second kappa shape index (κ2) is 7.54. The lowest BCUT2D eigenvalue weighted by Gasteiger charge is -2.33. The van der Waals surface area contributed by atoms with Crippen molar-refractivity contribution in [2.75, 3.05) is 19.6 Å². The minimum Gasteiger partial charge on any atom is -0.342 e. The van der Waals surface area contributed by atoms with Gasteiger partial charge in [0.15, 0.2) is 0 Å². The Bertz CT molecular complexity index is 423. The van der Waals surface area contributed by atoms with E-state index in [-0.39, 0.29) is 5.92 Å². The van der Waals surface area contributed by atoms with E-state index in [1.54, 1.807) is 12.7 Å². The molecule has 1 aromatic heterocycles. The predicted octanol–water partition coefficient (Wildman–Crippen LogP) is 1.15. The first-order valence-electron chi connectivity index (χ1n) is 7.91. The number of hydrogen-bond donors (Lipinski definition) is 1. The van der Waals surface area contributed by atoms with Crippen LogP contribution in [0.25, 0.3) is 0 Å².